The molecule has 0 aromatic heterocycles. The van der Waals surface area contributed by atoms with E-state index in [2.05, 4.69) is 5.32 Å². The summed E-state index contributed by atoms with van der Waals surface area (Å²) < 4.78 is 45.6. The Balaban J connectivity index is 1.58. The molecule has 4 rings (SSSR count). The van der Waals surface area contributed by atoms with E-state index < -0.39 is 17.8 Å². The fourth-order valence-corrected chi connectivity index (χ4v) is 4.53. The van der Waals surface area contributed by atoms with Crippen molar-refractivity contribution in [1.82, 2.24) is 4.90 Å². The van der Waals surface area contributed by atoms with E-state index in [-0.39, 0.29) is 30.8 Å². The van der Waals surface area contributed by atoms with Crippen molar-refractivity contribution in [2.24, 2.45) is 0 Å². The van der Waals surface area contributed by atoms with Gasteiger partial charge >= 0.3 is 6.18 Å². The van der Waals surface area contributed by atoms with Crippen LogP contribution in [0.3, 0.4) is 0 Å². The van der Waals surface area contributed by atoms with Crippen LogP contribution < -0.4 is 10.1 Å². The lowest BCUT2D eigenvalue weighted by atomic mass is 9.95. The Morgan fingerprint density at radius 3 is 2.49 bits per heavy atom. The van der Waals surface area contributed by atoms with Crippen LogP contribution in [0, 0.1) is 0 Å². The summed E-state index contributed by atoms with van der Waals surface area (Å²) in [7, 11) is 0. The predicted octanol–water partition coefficient (Wildman–Crippen LogP) is 6.54. The number of halogens is 3. The van der Waals surface area contributed by atoms with Gasteiger partial charge in [-0.2, -0.15) is 13.2 Å². The zero-order valence-electron chi connectivity index (χ0n) is 20.7. The molecular weight excluding hydrogens is 481 g/mol. The number of hydrogen-bond donors (Lipinski definition) is 1. The van der Waals surface area contributed by atoms with E-state index >= 15 is 0 Å². The molecule has 194 valence electrons. The van der Waals surface area contributed by atoms with Crippen molar-refractivity contribution in [2.45, 2.75) is 58.0 Å². The van der Waals surface area contributed by atoms with Gasteiger partial charge in [0.2, 0.25) is 5.91 Å². The van der Waals surface area contributed by atoms with Gasteiger partial charge in [-0.15, -0.1) is 0 Å². The van der Waals surface area contributed by atoms with Crippen LogP contribution in [0.4, 0.5) is 18.9 Å². The topological polar surface area (TPSA) is 58.6 Å². The van der Waals surface area contributed by atoms with E-state index in [4.69, 9.17) is 4.74 Å². The number of anilines is 1. The number of benzene rings is 3. The van der Waals surface area contributed by atoms with E-state index in [1.165, 1.54) is 11.0 Å². The molecule has 2 unspecified atom stereocenters. The zero-order chi connectivity index (χ0) is 26.6. The molecular formula is C29H29F3N2O3. The molecule has 3 aromatic rings. The Morgan fingerprint density at radius 2 is 1.81 bits per heavy atom. The van der Waals surface area contributed by atoms with Crippen molar-refractivity contribution < 1.29 is 27.5 Å². The number of nitrogens with zero attached hydrogens (tertiary/aromatic N) is 1. The predicted molar refractivity (Wildman–Crippen MR) is 135 cm³/mol. The summed E-state index contributed by atoms with van der Waals surface area (Å²) in [6.07, 6.45) is -4.19. The first kappa shape index (κ1) is 26.3. The Labute approximate surface area is 214 Å². The molecule has 2 amide bonds. The second-order valence-electron chi connectivity index (χ2n) is 9.09. The molecule has 0 saturated heterocycles. The van der Waals surface area contributed by atoms with Gasteiger partial charge in [-0.05, 0) is 54.3 Å². The van der Waals surface area contributed by atoms with Gasteiger partial charge < -0.3 is 15.0 Å². The molecule has 8 heteroatoms. The molecule has 1 aliphatic rings. The Hall–Kier alpha value is -3.81. The lowest BCUT2D eigenvalue weighted by molar-refractivity contribution is -0.139. The highest BCUT2D eigenvalue weighted by molar-refractivity contribution is 5.96. The van der Waals surface area contributed by atoms with E-state index in [9.17, 15) is 22.8 Å². The minimum atomic E-state index is -4.47. The fraction of sp³-hybridized carbons (Fsp3) is 0.310. The van der Waals surface area contributed by atoms with Gasteiger partial charge in [-0.25, -0.2) is 0 Å². The molecule has 3 aromatic carbocycles. The quantitative estimate of drug-likeness (QED) is 0.393. The highest BCUT2D eigenvalue weighted by atomic mass is 19.4. The minimum Gasteiger partial charge on any atom is -0.480 e. The van der Waals surface area contributed by atoms with Gasteiger partial charge in [0, 0.05) is 24.3 Å². The number of alkyl halides is 3. The third-order valence-corrected chi connectivity index (χ3v) is 6.47. The Morgan fingerprint density at radius 1 is 1.05 bits per heavy atom. The minimum absolute atomic E-state index is 0.00452. The first-order valence-corrected chi connectivity index (χ1v) is 12.3. The van der Waals surface area contributed by atoms with Gasteiger partial charge in [0.1, 0.15) is 5.75 Å². The molecule has 1 N–H and O–H groups in total. The number of fused-ring (bicyclic) bond motifs is 1. The van der Waals surface area contributed by atoms with Gasteiger partial charge in [-0.1, -0.05) is 56.3 Å². The monoisotopic (exact) mass is 510 g/mol. The van der Waals surface area contributed by atoms with Gasteiger partial charge in [0.15, 0.2) is 6.10 Å². The molecule has 0 bridgehead atoms. The largest absolute Gasteiger partial charge is 0.480 e. The molecule has 37 heavy (non-hydrogen) atoms. The van der Waals surface area contributed by atoms with Gasteiger partial charge in [0.25, 0.3) is 5.91 Å². The van der Waals surface area contributed by atoms with Crippen LogP contribution in [0.5, 0.6) is 5.75 Å². The summed E-state index contributed by atoms with van der Waals surface area (Å²) in [5.41, 5.74) is 1.76. The van der Waals surface area contributed by atoms with Crippen molar-refractivity contribution in [3.05, 3.63) is 95.1 Å². The van der Waals surface area contributed by atoms with E-state index in [1.54, 1.807) is 24.3 Å². The normalized spacial score (nSPS) is 16.4. The number of rotatable bonds is 7. The third kappa shape index (κ3) is 6.13. The molecule has 0 radical (unpaired) electrons. The van der Waals surface area contributed by atoms with Crippen molar-refractivity contribution in [3.63, 3.8) is 0 Å². The number of amides is 2. The van der Waals surface area contributed by atoms with Gasteiger partial charge in [0.05, 0.1) is 11.5 Å². The Bertz CT molecular complexity index is 1260. The van der Waals surface area contributed by atoms with Crippen LogP contribution in [0.1, 0.15) is 54.9 Å². The number of ether oxygens (including phenoxy) is 1. The van der Waals surface area contributed by atoms with Gasteiger partial charge in [-0.3, -0.25) is 9.59 Å². The molecule has 5 nitrogen and oxygen atoms in total. The van der Waals surface area contributed by atoms with Crippen molar-refractivity contribution in [2.75, 3.05) is 5.32 Å². The molecule has 0 spiro atoms. The lowest BCUT2D eigenvalue weighted by Gasteiger charge is -2.23. The average molecular weight is 511 g/mol. The Kier molecular flexibility index (Phi) is 7.86. The lowest BCUT2D eigenvalue weighted by Crippen LogP contribution is -2.38. The maximum Gasteiger partial charge on any atom is 0.416 e. The summed E-state index contributed by atoms with van der Waals surface area (Å²) in [5, 5.41) is 2.96. The number of hydrogen-bond acceptors (Lipinski definition) is 3. The summed E-state index contributed by atoms with van der Waals surface area (Å²) in [6.45, 7) is 3.91. The third-order valence-electron chi connectivity index (χ3n) is 6.47. The zero-order valence-corrected chi connectivity index (χ0v) is 20.7. The smallest absolute Gasteiger partial charge is 0.416 e. The summed E-state index contributed by atoms with van der Waals surface area (Å²) in [6, 6.07) is 19.7. The van der Waals surface area contributed by atoms with Crippen LogP contribution >= 0.6 is 0 Å². The van der Waals surface area contributed by atoms with E-state index in [0.717, 1.165) is 17.7 Å². The fourth-order valence-electron chi connectivity index (χ4n) is 4.53. The van der Waals surface area contributed by atoms with Crippen LogP contribution in [-0.2, 0) is 28.9 Å². The molecule has 0 saturated carbocycles. The first-order chi connectivity index (χ1) is 17.7. The SMILES string of the molecule is CCC1Oc2ccc(NC(=O)C(CC)c3ccccc3)cc2CN(Cc2cccc(C(F)(F)F)c2)C1=O. The number of carbonyl (C=O) groups excluding carboxylic acids is 2. The van der Waals surface area contributed by atoms with Crippen molar-refractivity contribution in [1.29, 1.82) is 0 Å². The summed E-state index contributed by atoms with van der Waals surface area (Å²) in [5.74, 6) is -0.247. The summed E-state index contributed by atoms with van der Waals surface area (Å²) in [4.78, 5) is 27.7. The summed E-state index contributed by atoms with van der Waals surface area (Å²) >= 11 is 0. The van der Waals surface area contributed by atoms with Crippen LogP contribution in [-0.4, -0.2) is 22.8 Å². The molecule has 0 aliphatic carbocycles. The van der Waals surface area contributed by atoms with Crippen LogP contribution in [0.2, 0.25) is 0 Å². The molecule has 0 fully saturated rings. The first-order valence-electron chi connectivity index (χ1n) is 12.3. The van der Waals surface area contributed by atoms with Crippen molar-refractivity contribution in [3.8, 4) is 5.75 Å². The number of nitrogens with one attached hydrogen (secondary N) is 1. The van der Waals surface area contributed by atoms with Crippen LogP contribution in [0.15, 0.2) is 72.8 Å². The average Bonchev–Trinajstić information content (AvgIpc) is 3.00. The number of carbonyl (C=O) groups is 2. The molecule has 1 aliphatic heterocycles. The highest BCUT2D eigenvalue weighted by Crippen LogP contribution is 2.33. The second-order valence-corrected chi connectivity index (χ2v) is 9.09. The molecule has 2 atom stereocenters. The van der Waals surface area contributed by atoms with Crippen molar-refractivity contribution >= 4 is 17.5 Å². The van der Waals surface area contributed by atoms with Crippen LogP contribution in [0.25, 0.3) is 0 Å². The maximum absolute atomic E-state index is 13.2. The highest BCUT2D eigenvalue weighted by Gasteiger charge is 2.32. The van der Waals surface area contributed by atoms with E-state index in [1.807, 2.05) is 44.2 Å². The second kappa shape index (κ2) is 11.1. The standard InChI is InChI=1S/C29H29F3N2O3/c1-3-24(20-10-6-5-7-11-20)27(35)33-23-13-14-26-21(16-23)18-34(28(36)25(4-2)37-26)17-19-9-8-12-22(15-19)29(30,31)32/h5-16,24-25H,3-4,17-18H2,1-2H3,(H,33,35). The molecule has 1 heterocycles. The van der Waals surface area contributed by atoms with E-state index in [0.29, 0.717) is 35.4 Å². The maximum atomic E-state index is 13.2.